The number of esters is 5. The van der Waals surface area contributed by atoms with Crippen molar-refractivity contribution in [1.82, 2.24) is 0 Å². The Hall–Kier alpha value is -13.3. The van der Waals surface area contributed by atoms with E-state index in [0.29, 0.717) is 0 Å². The molecule has 1 aliphatic heterocycles. The number of phenolic OH excluding ortho intramolecular Hbond substituents is 5. The number of ketones is 5. The van der Waals surface area contributed by atoms with E-state index in [1.54, 1.807) is 0 Å². The lowest BCUT2D eigenvalue weighted by atomic mass is 9.93. The van der Waals surface area contributed by atoms with Gasteiger partial charge in [0.15, 0.2) is 104 Å². The fourth-order valence-electron chi connectivity index (χ4n) is 9.93. The van der Waals surface area contributed by atoms with E-state index in [0.717, 1.165) is 89.3 Å². The van der Waals surface area contributed by atoms with Crippen LogP contribution < -0.4 is 47.4 Å². The number of carbonyl (C=O) groups is 10. The maximum absolute atomic E-state index is 14.8. The Kier molecular flexibility index (Phi) is 23.4. The van der Waals surface area contributed by atoms with Crippen molar-refractivity contribution in [3.63, 3.8) is 0 Å². The average Bonchev–Trinajstić information content (AvgIpc) is 0.763. The largest absolute Gasteiger partial charge is 0.504 e. The molecule has 1 aliphatic rings. The summed E-state index contributed by atoms with van der Waals surface area (Å²) in [4.78, 5) is 140. The van der Waals surface area contributed by atoms with Crippen molar-refractivity contribution in [3.05, 3.63) is 188 Å². The molecule has 2 atom stereocenters. The van der Waals surface area contributed by atoms with E-state index in [-0.39, 0.29) is 102 Å². The molecule has 0 amide bonds. The van der Waals surface area contributed by atoms with Crippen LogP contribution in [0.4, 0.5) is 0 Å². The predicted octanol–water partition coefficient (Wildman–Crippen LogP) is 9.83. The first-order chi connectivity index (χ1) is 48.0. The van der Waals surface area contributed by atoms with Crippen LogP contribution in [0, 0.1) is 0 Å². The van der Waals surface area contributed by atoms with Crippen molar-refractivity contribution in [2.24, 2.45) is 0 Å². The molecule has 5 N–H and O–H groups in total. The summed E-state index contributed by atoms with van der Waals surface area (Å²) in [5.74, 6) is -15.1. The highest BCUT2D eigenvalue weighted by Gasteiger charge is 2.40. The van der Waals surface area contributed by atoms with E-state index in [2.05, 4.69) is 0 Å². The van der Waals surface area contributed by atoms with Crippen molar-refractivity contribution in [1.29, 1.82) is 0 Å². The monoisotopic (exact) mass is 1380 g/mol. The normalized spacial score (nSPS) is 13.8. The molecular weight excluding hydrogens is 1320 g/mol. The van der Waals surface area contributed by atoms with Crippen LogP contribution in [0.1, 0.15) is 79.7 Å². The summed E-state index contributed by atoms with van der Waals surface area (Å²) < 4.78 is 62.6. The highest BCUT2D eigenvalue weighted by atomic mass is 16.6. The number of hydrogen-bond acceptors (Lipinski definition) is 26. The third kappa shape index (κ3) is 17.9. The Bertz CT molecular complexity index is 4710. The Morgan fingerprint density at radius 1 is 0.347 bits per heavy atom. The molecule has 7 aromatic rings. The predicted molar refractivity (Wildman–Crippen MR) is 359 cm³/mol. The Balaban J connectivity index is 1.34. The molecule has 26 heteroatoms. The zero-order chi connectivity index (χ0) is 73.7. The molecule has 0 spiro atoms. The fraction of sp³-hybridized carbons (Fsp3) is 0.173. The lowest BCUT2D eigenvalue weighted by molar-refractivity contribution is -0.151. The van der Waals surface area contributed by atoms with Crippen LogP contribution in [0.15, 0.2) is 149 Å². The van der Waals surface area contributed by atoms with Gasteiger partial charge in [0, 0.05) is 29.7 Å². The molecule has 0 saturated carbocycles. The molecule has 0 aromatic heterocycles. The van der Waals surface area contributed by atoms with E-state index >= 15 is 0 Å². The number of aromatic hydroxyl groups is 5. The van der Waals surface area contributed by atoms with E-state index in [9.17, 15) is 73.5 Å². The second-order valence-corrected chi connectivity index (χ2v) is 22.1. The number of ether oxygens (including phenoxy) is 11. The van der Waals surface area contributed by atoms with Crippen LogP contribution >= 0.6 is 0 Å². The summed E-state index contributed by atoms with van der Waals surface area (Å²) in [6.07, 6.45) is 1.54. The zero-order valence-corrected chi connectivity index (χ0v) is 55.6. The van der Waals surface area contributed by atoms with Gasteiger partial charge in [0.05, 0.1) is 35.5 Å². The number of methoxy groups -OCH3 is 5. The molecule has 7 aromatic carbocycles. The van der Waals surface area contributed by atoms with Gasteiger partial charge < -0.3 is 77.6 Å². The number of hydrogen-bond donors (Lipinski definition) is 5. The lowest BCUT2D eigenvalue weighted by Gasteiger charge is -2.34. The molecule has 0 radical (unpaired) electrons. The summed E-state index contributed by atoms with van der Waals surface area (Å²) in [5, 5.41) is 51.6. The first-order valence-corrected chi connectivity index (χ1v) is 30.1. The summed E-state index contributed by atoms with van der Waals surface area (Å²) in [5.41, 5.74) is -2.43. The smallest absolute Gasteiger partial charge is 0.347 e. The Morgan fingerprint density at radius 3 is 0.980 bits per heavy atom. The Morgan fingerprint density at radius 2 is 0.653 bits per heavy atom. The maximum atomic E-state index is 14.8. The highest BCUT2D eigenvalue weighted by Crippen LogP contribution is 2.46. The van der Waals surface area contributed by atoms with Gasteiger partial charge in [0.25, 0.3) is 0 Å². The number of rotatable bonds is 26. The van der Waals surface area contributed by atoms with Gasteiger partial charge >= 0.3 is 29.8 Å². The van der Waals surface area contributed by atoms with Crippen molar-refractivity contribution < 1.29 is 126 Å². The fourth-order valence-corrected chi connectivity index (χ4v) is 9.93. The summed E-state index contributed by atoms with van der Waals surface area (Å²) >= 11 is 0. The van der Waals surface area contributed by atoms with Gasteiger partial charge in [-0.15, -0.1) is 0 Å². The van der Waals surface area contributed by atoms with E-state index in [4.69, 9.17) is 52.1 Å². The van der Waals surface area contributed by atoms with Crippen molar-refractivity contribution in [3.8, 4) is 86.2 Å². The van der Waals surface area contributed by atoms with Gasteiger partial charge in [0.2, 0.25) is 0 Å². The minimum Gasteiger partial charge on any atom is -0.504 e. The molecule has 101 heavy (non-hydrogen) atoms. The number of Topliss-reactive ketones (excluding diaryl/α,β-unsaturated/α-hetero) is 5. The minimum absolute atomic E-state index is 0.0181. The van der Waals surface area contributed by atoms with Gasteiger partial charge in [-0.2, -0.15) is 0 Å². The molecule has 26 nitrogen and oxygen atoms in total. The van der Waals surface area contributed by atoms with Crippen LogP contribution in [0.5, 0.6) is 86.2 Å². The second-order valence-electron chi connectivity index (χ2n) is 22.1. The number of carbonyl (C=O) groups excluding carboxylic acids is 10. The van der Waals surface area contributed by atoms with Crippen LogP contribution in [0.25, 0.3) is 30.4 Å². The van der Waals surface area contributed by atoms with Gasteiger partial charge in [-0.25, -0.2) is 24.0 Å². The lowest BCUT2D eigenvalue weighted by Crippen LogP contribution is -2.36. The topological polar surface area (TPSA) is 373 Å². The van der Waals surface area contributed by atoms with E-state index in [1.807, 2.05) is 0 Å². The maximum Gasteiger partial charge on any atom is 0.347 e. The first kappa shape index (κ1) is 73.5. The standard InChI is InChI=1S/C75H64O26/c1-37(76)49(23-42-11-17-55(81)63(28-42)91-6)71(86)96-48-34-61-54(62(35-48)99-73(88)51(39(3)78)25-44-13-19-57(83)65(30-44)93-8)36-69(101-75(90)53(41(5)80)27-46-15-21-59(85)67(32-46)95-10)70(97-61)47-16-22-60(98-72(87)50(38(2)77)24-43-12-18-56(82)64(29-43)92-7)68(33-47)100-74(89)52(40(4)79)26-45-14-20-58(84)66(31-45)94-9/h11-35,69-70,81-85H,36H2,1-10H3. The third-order valence-electron chi connectivity index (χ3n) is 15.1. The average molecular weight is 1380 g/mol. The number of phenols is 5. The van der Waals surface area contributed by atoms with Gasteiger partial charge in [0.1, 0.15) is 51.2 Å². The SMILES string of the molecule is COc1cc(C=C(C(C)=O)C(=O)Oc2cc(OC(=O)C(=Cc3ccc(O)c(OC)c3)C(C)=O)c3c(c2)OC(c2ccc(OC(=O)C(=Cc4ccc(O)c(OC)c4)C(C)=O)c(OC(=O)C(=Cc4ccc(O)c(OC)c4)C(C)=O)c2)C(OC(=O)C(=Cc2ccc(O)c(OC)c2)C(C)=O)C3)ccc1O. The first-order valence-electron chi connectivity index (χ1n) is 30.1. The number of fused-ring (bicyclic) bond motifs is 1. The molecule has 0 aliphatic carbocycles. The summed E-state index contributed by atoms with van der Waals surface area (Å²) in [6, 6.07) is 25.0. The van der Waals surface area contributed by atoms with E-state index in [1.165, 1.54) is 133 Å². The minimum atomic E-state index is -1.73. The number of benzene rings is 7. The Labute approximate surface area is 575 Å². The molecule has 0 saturated heterocycles. The van der Waals surface area contributed by atoms with Crippen LogP contribution in [0.3, 0.4) is 0 Å². The van der Waals surface area contributed by atoms with Gasteiger partial charge in [-0.1, -0.05) is 36.4 Å². The zero-order valence-electron chi connectivity index (χ0n) is 55.6. The highest BCUT2D eigenvalue weighted by molar-refractivity contribution is 6.23. The quantitative estimate of drug-likeness (QED) is 0.0111. The molecule has 0 fully saturated rings. The van der Waals surface area contributed by atoms with Crippen LogP contribution in [-0.4, -0.2) is 126 Å². The molecular formula is C75H64O26. The van der Waals surface area contributed by atoms with E-state index < -0.39 is 128 Å². The van der Waals surface area contributed by atoms with Crippen molar-refractivity contribution in [2.45, 2.75) is 53.2 Å². The molecule has 1 heterocycles. The van der Waals surface area contributed by atoms with Gasteiger partial charge in [-0.3, -0.25) is 24.0 Å². The van der Waals surface area contributed by atoms with Crippen LogP contribution in [-0.2, 0) is 59.1 Å². The summed E-state index contributed by atoms with van der Waals surface area (Å²) in [7, 11) is 6.33. The molecule has 8 rings (SSSR count). The third-order valence-corrected chi connectivity index (χ3v) is 15.1. The molecule has 520 valence electrons. The summed E-state index contributed by atoms with van der Waals surface area (Å²) in [6.45, 7) is 5.24. The van der Waals surface area contributed by atoms with Crippen LogP contribution in [0.2, 0.25) is 0 Å². The van der Waals surface area contributed by atoms with Crippen molar-refractivity contribution >= 4 is 89.1 Å². The van der Waals surface area contributed by atoms with Gasteiger partial charge in [-0.05, 0) is 166 Å². The second kappa shape index (κ2) is 32.2. The molecule has 2 unspecified atom stereocenters. The molecule has 0 bridgehead atoms. The van der Waals surface area contributed by atoms with Crippen molar-refractivity contribution in [2.75, 3.05) is 35.5 Å².